The first-order chi connectivity index (χ1) is 8.01. The number of nitrogens with zero attached hydrogens (tertiary/aromatic N) is 2. The zero-order valence-corrected chi connectivity index (χ0v) is 11.8. The molecule has 1 rings (SSSR count). The number of carbonyl (C=O) groups is 1. The smallest absolute Gasteiger partial charge is 0.410 e. The lowest BCUT2D eigenvalue weighted by Crippen LogP contribution is -2.58. The Kier molecular flexibility index (Phi) is 3.64. The Balaban J connectivity index is 2.77. The fraction of sp³-hybridized carbons (Fsp3) is 0.846. The molecular weight excluding hydrogens is 232 g/mol. The first kappa shape index (κ1) is 14.8. The van der Waals surface area contributed by atoms with Crippen molar-refractivity contribution in [3.05, 3.63) is 0 Å². The summed E-state index contributed by atoms with van der Waals surface area (Å²) in [6.45, 7) is 9.65. The standard InChI is InChI=1S/C13H22N2O3/c1-11(2,3)18-10(16)15-7-6-13(17,8-14)12(4,5)9-15/h17H,6-7,9H2,1-5H3/t13-/m1/s1. The molecule has 0 spiro atoms. The first-order valence-electron chi connectivity index (χ1n) is 6.12. The molecule has 0 radical (unpaired) electrons. The Bertz CT molecular complexity index is 379. The van der Waals surface area contributed by atoms with E-state index < -0.39 is 22.7 Å². The van der Waals surface area contributed by atoms with Crippen LogP contribution < -0.4 is 0 Å². The van der Waals surface area contributed by atoms with Gasteiger partial charge in [-0.2, -0.15) is 5.26 Å². The number of piperidine rings is 1. The summed E-state index contributed by atoms with van der Waals surface area (Å²) >= 11 is 0. The Hall–Kier alpha value is -1.28. The number of ether oxygens (including phenoxy) is 1. The molecular formula is C13H22N2O3. The van der Waals surface area contributed by atoms with Crippen molar-refractivity contribution in [3.63, 3.8) is 0 Å². The number of rotatable bonds is 0. The van der Waals surface area contributed by atoms with Crippen molar-refractivity contribution < 1.29 is 14.6 Å². The summed E-state index contributed by atoms with van der Waals surface area (Å²) in [6, 6.07) is 1.96. The van der Waals surface area contributed by atoms with Crippen LogP contribution >= 0.6 is 0 Å². The van der Waals surface area contributed by atoms with E-state index in [2.05, 4.69) is 0 Å². The summed E-state index contributed by atoms with van der Waals surface area (Å²) in [6.07, 6.45) is -0.147. The van der Waals surface area contributed by atoms with Gasteiger partial charge in [0, 0.05) is 24.9 Å². The van der Waals surface area contributed by atoms with Crippen LogP contribution in [0.4, 0.5) is 4.79 Å². The molecule has 5 heteroatoms. The minimum Gasteiger partial charge on any atom is -0.444 e. The normalized spacial score (nSPS) is 27.5. The SMILES string of the molecule is CC(C)(C)OC(=O)N1CC[C@@](O)(C#N)C(C)(C)C1. The van der Waals surface area contributed by atoms with Gasteiger partial charge >= 0.3 is 6.09 Å². The van der Waals surface area contributed by atoms with Gasteiger partial charge in [-0.3, -0.25) is 0 Å². The highest BCUT2D eigenvalue weighted by Gasteiger charge is 2.49. The molecule has 0 saturated carbocycles. The molecule has 1 fully saturated rings. The molecule has 0 aromatic heterocycles. The molecule has 1 saturated heterocycles. The fourth-order valence-electron chi connectivity index (χ4n) is 2.01. The summed E-state index contributed by atoms with van der Waals surface area (Å²) in [5, 5.41) is 19.3. The second-order valence-corrected chi connectivity index (χ2v) is 6.51. The van der Waals surface area contributed by atoms with Crippen LogP contribution in [0.3, 0.4) is 0 Å². The van der Waals surface area contributed by atoms with Gasteiger partial charge in [0.2, 0.25) is 0 Å². The second kappa shape index (κ2) is 4.43. The van der Waals surface area contributed by atoms with Crippen LogP contribution in [-0.4, -0.2) is 40.4 Å². The summed E-state index contributed by atoms with van der Waals surface area (Å²) in [5.74, 6) is 0. The Morgan fingerprint density at radius 1 is 1.44 bits per heavy atom. The monoisotopic (exact) mass is 254 g/mol. The van der Waals surface area contributed by atoms with E-state index >= 15 is 0 Å². The van der Waals surface area contributed by atoms with Crippen molar-refractivity contribution in [2.75, 3.05) is 13.1 Å². The predicted octanol–water partition coefficient (Wildman–Crippen LogP) is 1.91. The average Bonchev–Trinajstić information content (AvgIpc) is 2.19. The van der Waals surface area contributed by atoms with Gasteiger partial charge in [-0.1, -0.05) is 13.8 Å². The van der Waals surface area contributed by atoms with Crippen molar-refractivity contribution in [1.29, 1.82) is 5.26 Å². The molecule has 102 valence electrons. The average molecular weight is 254 g/mol. The number of likely N-dealkylation sites (tertiary alicyclic amines) is 1. The van der Waals surface area contributed by atoms with E-state index in [0.717, 1.165) is 0 Å². The Morgan fingerprint density at radius 2 is 2.00 bits per heavy atom. The van der Waals surface area contributed by atoms with Gasteiger partial charge in [0.15, 0.2) is 5.60 Å². The molecule has 1 aliphatic heterocycles. The number of aliphatic hydroxyl groups is 1. The highest BCUT2D eigenvalue weighted by Crippen LogP contribution is 2.38. The maximum Gasteiger partial charge on any atom is 0.410 e. The van der Waals surface area contributed by atoms with Gasteiger partial charge in [0.25, 0.3) is 0 Å². The van der Waals surface area contributed by atoms with E-state index in [-0.39, 0.29) is 6.42 Å². The second-order valence-electron chi connectivity index (χ2n) is 6.51. The molecule has 1 N–H and O–H groups in total. The van der Waals surface area contributed by atoms with Gasteiger partial charge in [-0.25, -0.2) is 4.79 Å². The van der Waals surface area contributed by atoms with E-state index in [1.807, 2.05) is 26.8 Å². The highest BCUT2D eigenvalue weighted by atomic mass is 16.6. The van der Waals surface area contributed by atoms with Crippen LogP contribution in [0.1, 0.15) is 41.0 Å². The molecule has 0 bridgehead atoms. The summed E-state index contributed by atoms with van der Waals surface area (Å²) in [4.78, 5) is 13.5. The van der Waals surface area contributed by atoms with Crippen LogP contribution in [0.15, 0.2) is 0 Å². The van der Waals surface area contributed by atoms with Gasteiger partial charge in [0.1, 0.15) is 5.60 Å². The summed E-state index contributed by atoms with van der Waals surface area (Å²) < 4.78 is 5.29. The summed E-state index contributed by atoms with van der Waals surface area (Å²) in [7, 11) is 0. The fourth-order valence-corrected chi connectivity index (χ4v) is 2.01. The van der Waals surface area contributed by atoms with Crippen molar-refractivity contribution >= 4 is 6.09 Å². The lowest BCUT2D eigenvalue weighted by molar-refractivity contribution is -0.0795. The third-order valence-corrected chi connectivity index (χ3v) is 3.29. The molecule has 1 aliphatic rings. The van der Waals surface area contributed by atoms with Crippen LogP contribution in [0, 0.1) is 16.7 Å². The van der Waals surface area contributed by atoms with E-state index in [1.54, 1.807) is 18.7 Å². The number of hydrogen-bond donors (Lipinski definition) is 1. The number of hydrogen-bond acceptors (Lipinski definition) is 4. The van der Waals surface area contributed by atoms with Gasteiger partial charge in [-0.05, 0) is 20.8 Å². The largest absolute Gasteiger partial charge is 0.444 e. The third kappa shape index (κ3) is 2.94. The predicted molar refractivity (Wildman–Crippen MR) is 66.8 cm³/mol. The van der Waals surface area contributed by atoms with Crippen molar-refractivity contribution in [1.82, 2.24) is 4.90 Å². The Morgan fingerprint density at radius 3 is 2.39 bits per heavy atom. The topological polar surface area (TPSA) is 73.6 Å². The molecule has 0 aliphatic carbocycles. The van der Waals surface area contributed by atoms with Crippen LogP contribution in [0.5, 0.6) is 0 Å². The number of amides is 1. The van der Waals surface area contributed by atoms with Gasteiger partial charge < -0.3 is 14.7 Å². The van der Waals surface area contributed by atoms with Crippen molar-refractivity contribution in [2.45, 2.75) is 52.2 Å². The van der Waals surface area contributed by atoms with E-state index in [0.29, 0.717) is 13.1 Å². The van der Waals surface area contributed by atoms with E-state index in [1.165, 1.54) is 0 Å². The maximum atomic E-state index is 11.9. The lowest BCUT2D eigenvalue weighted by atomic mass is 9.71. The molecule has 1 amide bonds. The minimum atomic E-state index is -1.38. The maximum absolute atomic E-state index is 11.9. The number of carbonyl (C=O) groups excluding carboxylic acids is 1. The molecule has 0 aromatic carbocycles. The molecule has 5 nitrogen and oxygen atoms in total. The van der Waals surface area contributed by atoms with Crippen LogP contribution in [0.25, 0.3) is 0 Å². The lowest BCUT2D eigenvalue weighted by Gasteiger charge is -2.46. The van der Waals surface area contributed by atoms with Gasteiger partial charge in [-0.15, -0.1) is 0 Å². The Labute approximate surface area is 108 Å². The zero-order valence-electron chi connectivity index (χ0n) is 11.8. The van der Waals surface area contributed by atoms with E-state index in [9.17, 15) is 9.90 Å². The van der Waals surface area contributed by atoms with E-state index in [4.69, 9.17) is 10.00 Å². The molecule has 1 atom stereocenters. The van der Waals surface area contributed by atoms with Gasteiger partial charge in [0.05, 0.1) is 6.07 Å². The third-order valence-electron chi connectivity index (χ3n) is 3.29. The summed E-state index contributed by atoms with van der Waals surface area (Å²) in [5.41, 5.74) is -2.59. The molecule has 0 unspecified atom stereocenters. The quantitative estimate of drug-likeness (QED) is 0.670. The first-order valence-corrected chi connectivity index (χ1v) is 6.12. The van der Waals surface area contributed by atoms with Crippen LogP contribution in [-0.2, 0) is 4.74 Å². The van der Waals surface area contributed by atoms with Crippen LogP contribution in [0.2, 0.25) is 0 Å². The highest BCUT2D eigenvalue weighted by molar-refractivity contribution is 5.68. The molecule has 0 aromatic rings. The zero-order chi connectivity index (χ0) is 14.2. The minimum absolute atomic E-state index is 0.246. The van der Waals surface area contributed by atoms with Crippen molar-refractivity contribution in [2.24, 2.45) is 5.41 Å². The number of nitriles is 1. The van der Waals surface area contributed by atoms with Crippen molar-refractivity contribution in [3.8, 4) is 6.07 Å². The molecule has 18 heavy (non-hydrogen) atoms. The molecule has 1 heterocycles.